The molecule has 0 aliphatic heterocycles. The van der Waals surface area contributed by atoms with Crippen molar-refractivity contribution in [1.82, 2.24) is 10.3 Å². The minimum Gasteiger partial charge on any atom is -0.374 e. The highest BCUT2D eigenvalue weighted by atomic mass is 15.1. The van der Waals surface area contributed by atoms with Crippen molar-refractivity contribution in [1.29, 1.82) is 0 Å². The summed E-state index contributed by atoms with van der Waals surface area (Å²) in [6, 6.07) is 2.21. The van der Waals surface area contributed by atoms with Crippen molar-refractivity contribution in [2.75, 3.05) is 25.0 Å². The zero-order valence-corrected chi connectivity index (χ0v) is 11.9. The first-order chi connectivity index (χ1) is 8.70. The lowest BCUT2D eigenvalue weighted by molar-refractivity contribution is 0.670. The van der Waals surface area contributed by atoms with E-state index in [0.717, 1.165) is 24.7 Å². The van der Waals surface area contributed by atoms with Crippen molar-refractivity contribution in [3.05, 3.63) is 23.5 Å². The van der Waals surface area contributed by atoms with Gasteiger partial charge in [0, 0.05) is 43.3 Å². The number of hydrogen-bond acceptors (Lipinski definition) is 3. The Morgan fingerprint density at radius 3 is 2.89 bits per heavy atom. The van der Waals surface area contributed by atoms with Crippen molar-refractivity contribution >= 4 is 5.69 Å². The van der Waals surface area contributed by atoms with Crippen LogP contribution in [0.25, 0.3) is 0 Å². The van der Waals surface area contributed by atoms with Crippen LogP contribution >= 0.6 is 0 Å². The molecule has 18 heavy (non-hydrogen) atoms. The molecule has 1 aromatic rings. The highest BCUT2D eigenvalue weighted by molar-refractivity contribution is 5.53. The van der Waals surface area contributed by atoms with Gasteiger partial charge in [-0.1, -0.05) is 6.92 Å². The molecular weight excluding hydrogens is 222 g/mol. The molecule has 0 saturated heterocycles. The summed E-state index contributed by atoms with van der Waals surface area (Å²) in [4.78, 5) is 6.83. The van der Waals surface area contributed by atoms with Crippen molar-refractivity contribution in [3.63, 3.8) is 0 Å². The van der Waals surface area contributed by atoms with E-state index in [-0.39, 0.29) is 0 Å². The third-order valence-electron chi connectivity index (χ3n) is 3.48. The molecule has 3 nitrogen and oxygen atoms in total. The van der Waals surface area contributed by atoms with Crippen LogP contribution in [0, 0.1) is 12.8 Å². The zero-order valence-electron chi connectivity index (χ0n) is 11.9. The predicted molar refractivity (Wildman–Crippen MR) is 77.0 cm³/mol. The number of anilines is 1. The van der Waals surface area contributed by atoms with Crippen LogP contribution < -0.4 is 10.2 Å². The molecule has 1 aliphatic rings. The number of nitrogens with zero attached hydrogens (tertiary/aromatic N) is 2. The molecule has 0 unspecified atom stereocenters. The lowest BCUT2D eigenvalue weighted by Crippen LogP contribution is -2.23. The molecule has 0 spiro atoms. The van der Waals surface area contributed by atoms with Crippen molar-refractivity contribution in [3.8, 4) is 0 Å². The Morgan fingerprint density at radius 2 is 2.22 bits per heavy atom. The fourth-order valence-corrected chi connectivity index (χ4v) is 2.25. The number of rotatable bonds is 7. The Labute approximate surface area is 111 Å². The van der Waals surface area contributed by atoms with Gasteiger partial charge in [-0.2, -0.15) is 0 Å². The second-order valence-corrected chi connectivity index (χ2v) is 5.46. The standard InChI is InChI=1S/C15H25N3/c1-4-7-16-9-14-10-17-12(2)8-15(14)18(3)11-13-5-6-13/h8,10,13,16H,4-7,9,11H2,1-3H3. The second kappa shape index (κ2) is 6.19. The molecule has 2 rings (SSSR count). The molecule has 1 saturated carbocycles. The number of hydrogen-bond donors (Lipinski definition) is 1. The minimum atomic E-state index is 0.917. The van der Waals surface area contributed by atoms with Crippen molar-refractivity contribution < 1.29 is 0 Å². The predicted octanol–water partition coefficient (Wildman–Crippen LogP) is 2.74. The quantitative estimate of drug-likeness (QED) is 0.751. The summed E-state index contributed by atoms with van der Waals surface area (Å²) >= 11 is 0. The van der Waals surface area contributed by atoms with Crippen molar-refractivity contribution in [2.24, 2.45) is 5.92 Å². The third-order valence-corrected chi connectivity index (χ3v) is 3.48. The molecule has 1 fully saturated rings. The SMILES string of the molecule is CCCNCc1cnc(C)cc1N(C)CC1CC1. The maximum absolute atomic E-state index is 4.43. The second-order valence-electron chi connectivity index (χ2n) is 5.46. The van der Waals surface area contributed by atoms with Crippen LogP contribution in [0.5, 0.6) is 0 Å². The molecule has 0 bridgehead atoms. The molecule has 0 amide bonds. The van der Waals surface area contributed by atoms with Crippen molar-refractivity contribution in [2.45, 2.75) is 39.7 Å². The molecule has 3 heteroatoms. The lowest BCUT2D eigenvalue weighted by atomic mass is 10.1. The Balaban J connectivity index is 2.06. The van der Waals surface area contributed by atoms with E-state index in [9.17, 15) is 0 Å². The van der Waals surface area contributed by atoms with Gasteiger partial charge in [0.2, 0.25) is 0 Å². The number of aryl methyl sites for hydroxylation is 1. The summed E-state index contributed by atoms with van der Waals surface area (Å²) < 4.78 is 0. The number of aromatic nitrogens is 1. The van der Waals surface area contributed by atoms with Gasteiger partial charge in [-0.15, -0.1) is 0 Å². The normalized spacial score (nSPS) is 14.8. The summed E-state index contributed by atoms with van der Waals surface area (Å²) in [6.45, 7) is 7.44. The number of pyridine rings is 1. The van der Waals surface area contributed by atoms with Gasteiger partial charge in [0.15, 0.2) is 0 Å². The maximum atomic E-state index is 4.43. The lowest BCUT2D eigenvalue weighted by Gasteiger charge is -2.23. The zero-order chi connectivity index (χ0) is 13.0. The monoisotopic (exact) mass is 247 g/mol. The van der Waals surface area contributed by atoms with E-state index < -0.39 is 0 Å². The Hall–Kier alpha value is -1.09. The Morgan fingerprint density at radius 1 is 1.44 bits per heavy atom. The summed E-state index contributed by atoms with van der Waals surface area (Å²) in [6.07, 6.45) is 6.00. The van der Waals surface area contributed by atoms with E-state index in [2.05, 4.69) is 42.2 Å². The maximum Gasteiger partial charge on any atom is 0.0443 e. The highest BCUT2D eigenvalue weighted by Gasteiger charge is 2.23. The van der Waals surface area contributed by atoms with E-state index in [1.165, 1.54) is 37.1 Å². The van der Waals surface area contributed by atoms with Gasteiger partial charge in [0.1, 0.15) is 0 Å². The van der Waals surface area contributed by atoms with Crippen LogP contribution in [0.1, 0.15) is 37.4 Å². The summed E-state index contributed by atoms with van der Waals surface area (Å²) in [5.74, 6) is 0.917. The molecule has 100 valence electrons. The number of nitrogens with one attached hydrogen (secondary N) is 1. The first-order valence-corrected chi connectivity index (χ1v) is 7.08. The van der Waals surface area contributed by atoms with Crippen LogP contribution in [-0.4, -0.2) is 25.1 Å². The van der Waals surface area contributed by atoms with E-state index in [0.29, 0.717) is 0 Å². The molecule has 0 atom stereocenters. The van der Waals surface area contributed by atoms with E-state index >= 15 is 0 Å². The first kappa shape index (κ1) is 13.3. The van der Waals surface area contributed by atoms with Crippen LogP contribution in [-0.2, 0) is 6.54 Å². The van der Waals surface area contributed by atoms with Crippen LogP contribution in [0.15, 0.2) is 12.3 Å². The van der Waals surface area contributed by atoms with Gasteiger partial charge in [0.05, 0.1) is 0 Å². The van der Waals surface area contributed by atoms with Gasteiger partial charge < -0.3 is 10.2 Å². The average Bonchev–Trinajstić information content (AvgIpc) is 3.15. The average molecular weight is 247 g/mol. The summed E-state index contributed by atoms with van der Waals surface area (Å²) in [5.41, 5.74) is 3.77. The molecule has 1 N–H and O–H groups in total. The highest BCUT2D eigenvalue weighted by Crippen LogP contribution is 2.31. The van der Waals surface area contributed by atoms with E-state index in [1.807, 2.05) is 6.20 Å². The fourth-order valence-electron chi connectivity index (χ4n) is 2.25. The first-order valence-electron chi connectivity index (χ1n) is 7.08. The van der Waals surface area contributed by atoms with Gasteiger partial charge in [-0.05, 0) is 44.7 Å². The smallest absolute Gasteiger partial charge is 0.0443 e. The molecule has 1 heterocycles. The largest absolute Gasteiger partial charge is 0.374 e. The topological polar surface area (TPSA) is 28.2 Å². The van der Waals surface area contributed by atoms with Gasteiger partial charge in [0.25, 0.3) is 0 Å². The van der Waals surface area contributed by atoms with Gasteiger partial charge in [-0.25, -0.2) is 0 Å². The Kier molecular flexibility index (Phi) is 4.59. The van der Waals surface area contributed by atoms with Crippen LogP contribution in [0.4, 0.5) is 5.69 Å². The van der Waals surface area contributed by atoms with E-state index in [1.54, 1.807) is 0 Å². The van der Waals surface area contributed by atoms with Crippen LogP contribution in [0.3, 0.4) is 0 Å². The molecule has 1 aliphatic carbocycles. The third kappa shape index (κ3) is 3.70. The summed E-state index contributed by atoms with van der Waals surface area (Å²) in [5, 5.41) is 3.47. The van der Waals surface area contributed by atoms with Gasteiger partial charge in [-0.3, -0.25) is 4.98 Å². The van der Waals surface area contributed by atoms with Crippen LogP contribution in [0.2, 0.25) is 0 Å². The molecule has 1 aromatic heterocycles. The molecule has 0 radical (unpaired) electrons. The minimum absolute atomic E-state index is 0.917. The summed E-state index contributed by atoms with van der Waals surface area (Å²) in [7, 11) is 2.20. The fraction of sp³-hybridized carbons (Fsp3) is 0.667. The van der Waals surface area contributed by atoms with Gasteiger partial charge >= 0.3 is 0 Å². The molecular formula is C15H25N3. The van der Waals surface area contributed by atoms with E-state index in [4.69, 9.17) is 0 Å². The molecule has 0 aromatic carbocycles. The Bertz CT molecular complexity index is 385.